The molecule has 2 aromatic rings. The van der Waals surface area contributed by atoms with E-state index < -0.39 is 0 Å². The molecule has 0 saturated carbocycles. The van der Waals surface area contributed by atoms with E-state index in [4.69, 9.17) is 23.2 Å². The Morgan fingerprint density at radius 1 is 0.906 bits per heavy atom. The third-order valence-corrected chi connectivity index (χ3v) is 8.65. The van der Waals surface area contributed by atoms with Crippen LogP contribution in [0.2, 0.25) is 10.0 Å². The molecule has 2 aliphatic rings. The van der Waals surface area contributed by atoms with Gasteiger partial charge in [0.2, 0.25) is 0 Å². The van der Waals surface area contributed by atoms with Crippen molar-refractivity contribution in [3.05, 3.63) is 58.1 Å². The largest absolute Gasteiger partial charge is 0.371 e. The summed E-state index contributed by atoms with van der Waals surface area (Å²) in [5, 5.41) is 1.37. The maximum atomic E-state index is 12.2. The molecular formula is C25H31Cl2N3OS. The van der Waals surface area contributed by atoms with Crippen molar-refractivity contribution in [1.29, 1.82) is 0 Å². The van der Waals surface area contributed by atoms with Crippen molar-refractivity contribution in [2.45, 2.75) is 30.6 Å². The predicted molar refractivity (Wildman–Crippen MR) is 136 cm³/mol. The number of halogens is 2. The molecule has 0 atom stereocenters. The van der Waals surface area contributed by atoms with Crippen molar-refractivity contribution < 1.29 is 4.79 Å². The summed E-state index contributed by atoms with van der Waals surface area (Å²) >= 11 is 14.6. The van der Waals surface area contributed by atoms with E-state index in [1.165, 1.54) is 25.7 Å². The highest BCUT2D eigenvalue weighted by molar-refractivity contribution is 7.97. The van der Waals surface area contributed by atoms with Gasteiger partial charge in [0.15, 0.2) is 0 Å². The lowest BCUT2D eigenvalue weighted by Gasteiger charge is -2.40. The first-order valence-corrected chi connectivity index (χ1v) is 12.9. The number of nitrogens with zero attached hydrogens (tertiary/aromatic N) is 3. The van der Waals surface area contributed by atoms with Gasteiger partial charge in [-0.3, -0.25) is 4.79 Å². The number of carbonyl (C=O) groups excluding carboxylic acids is 1. The average Bonchev–Trinajstić information content (AvgIpc) is 2.81. The number of carbonyl (C=O) groups is 1. The van der Waals surface area contributed by atoms with E-state index in [1.54, 1.807) is 30.9 Å². The van der Waals surface area contributed by atoms with Gasteiger partial charge in [-0.1, -0.05) is 35.3 Å². The van der Waals surface area contributed by atoms with E-state index in [9.17, 15) is 4.79 Å². The molecule has 4 nitrogen and oxygen atoms in total. The second kappa shape index (κ2) is 10.7. The van der Waals surface area contributed by atoms with Gasteiger partial charge in [-0.25, -0.2) is 4.31 Å². The molecule has 0 spiro atoms. The lowest BCUT2D eigenvalue weighted by molar-refractivity contribution is 0.0828. The number of anilines is 1. The Balaban J connectivity index is 1.27. The van der Waals surface area contributed by atoms with E-state index >= 15 is 0 Å². The zero-order valence-electron chi connectivity index (χ0n) is 18.8. The van der Waals surface area contributed by atoms with Crippen LogP contribution in [0, 0.1) is 11.8 Å². The Kier molecular flexibility index (Phi) is 7.93. The van der Waals surface area contributed by atoms with Crippen LogP contribution in [0.4, 0.5) is 5.69 Å². The van der Waals surface area contributed by atoms with Crippen LogP contribution < -0.4 is 4.90 Å². The molecule has 4 rings (SSSR count). The van der Waals surface area contributed by atoms with E-state index in [2.05, 4.69) is 21.3 Å². The molecule has 2 saturated heterocycles. The standard InChI is InChI=1S/C25H31Cl2N3OS/c1-28(2)25(31)21-8-7-20(17-23(21)27)29-13-9-18(10-14-29)19-11-15-30(16-12-19)32-24-6-4-3-5-22(24)26/h3-8,17-19H,9-16H2,1-2H3. The normalized spacial score (nSPS) is 18.7. The molecule has 0 aliphatic carbocycles. The molecular weight excluding hydrogens is 461 g/mol. The Hall–Kier alpha value is -1.40. The van der Waals surface area contributed by atoms with Gasteiger partial charge in [0.05, 0.1) is 15.6 Å². The van der Waals surface area contributed by atoms with Gasteiger partial charge < -0.3 is 9.80 Å². The molecule has 7 heteroatoms. The smallest absolute Gasteiger partial charge is 0.254 e. The summed E-state index contributed by atoms with van der Waals surface area (Å²) in [6.45, 7) is 4.35. The maximum absolute atomic E-state index is 12.2. The third-order valence-electron chi connectivity index (χ3n) is 6.72. The molecule has 0 radical (unpaired) electrons. The van der Waals surface area contributed by atoms with Gasteiger partial charge in [0.25, 0.3) is 5.91 Å². The Bertz CT molecular complexity index is 939. The number of hydrogen-bond acceptors (Lipinski definition) is 4. The summed E-state index contributed by atoms with van der Waals surface area (Å²) in [6, 6.07) is 13.9. The zero-order chi connectivity index (χ0) is 22.7. The van der Waals surface area contributed by atoms with E-state index in [-0.39, 0.29) is 5.91 Å². The molecule has 1 amide bonds. The van der Waals surface area contributed by atoms with Gasteiger partial charge in [0.1, 0.15) is 0 Å². The van der Waals surface area contributed by atoms with Crippen LogP contribution >= 0.6 is 35.1 Å². The average molecular weight is 493 g/mol. The van der Waals surface area contributed by atoms with E-state index in [0.29, 0.717) is 10.6 Å². The topological polar surface area (TPSA) is 26.8 Å². The van der Waals surface area contributed by atoms with Crippen LogP contribution in [0.1, 0.15) is 36.0 Å². The Labute approximate surface area is 206 Å². The zero-order valence-corrected chi connectivity index (χ0v) is 21.1. The highest BCUT2D eigenvalue weighted by Crippen LogP contribution is 2.38. The minimum absolute atomic E-state index is 0.0562. The molecule has 2 aromatic carbocycles. The van der Waals surface area contributed by atoms with Crippen LogP contribution in [0.5, 0.6) is 0 Å². The minimum atomic E-state index is -0.0562. The second-order valence-electron chi connectivity index (χ2n) is 8.98. The summed E-state index contributed by atoms with van der Waals surface area (Å²) in [7, 11) is 3.49. The fourth-order valence-corrected chi connectivity index (χ4v) is 6.30. The fourth-order valence-electron chi connectivity index (χ4n) is 4.84. The number of amides is 1. The summed E-state index contributed by atoms with van der Waals surface area (Å²) in [4.78, 5) is 17.4. The minimum Gasteiger partial charge on any atom is -0.371 e. The van der Waals surface area contributed by atoms with Crippen molar-refractivity contribution in [2.24, 2.45) is 11.8 Å². The van der Waals surface area contributed by atoms with Gasteiger partial charge in [-0.2, -0.15) is 0 Å². The van der Waals surface area contributed by atoms with Crippen LogP contribution in [0.3, 0.4) is 0 Å². The summed E-state index contributed by atoms with van der Waals surface area (Å²) in [5.74, 6) is 1.55. The molecule has 0 aromatic heterocycles. The quantitative estimate of drug-likeness (QED) is 0.456. The van der Waals surface area contributed by atoms with Crippen molar-refractivity contribution >= 4 is 46.7 Å². The van der Waals surface area contributed by atoms with Crippen molar-refractivity contribution in [3.8, 4) is 0 Å². The first kappa shape index (κ1) is 23.7. The Morgan fingerprint density at radius 3 is 2.12 bits per heavy atom. The van der Waals surface area contributed by atoms with Crippen LogP contribution in [0.15, 0.2) is 47.4 Å². The SMILES string of the molecule is CN(C)C(=O)c1ccc(N2CCC(C3CCN(Sc4ccccc4Cl)CC3)CC2)cc1Cl. The third kappa shape index (κ3) is 5.56. The molecule has 2 heterocycles. The fraction of sp³-hybridized carbons (Fsp3) is 0.480. The van der Waals surface area contributed by atoms with Crippen molar-refractivity contribution in [2.75, 3.05) is 45.2 Å². The molecule has 0 unspecified atom stereocenters. The highest BCUT2D eigenvalue weighted by atomic mass is 35.5. The van der Waals surface area contributed by atoms with Crippen molar-refractivity contribution in [1.82, 2.24) is 9.21 Å². The van der Waals surface area contributed by atoms with Gasteiger partial charge in [-0.05, 0) is 79.8 Å². The Morgan fingerprint density at radius 2 is 1.53 bits per heavy atom. The number of hydrogen-bond donors (Lipinski definition) is 0. The van der Waals surface area contributed by atoms with Crippen molar-refractivity contribution in [3.63, 3.8) is 0 Å². The molecule has 0 bridgehead atoms. The molecule has 172 valence electrons. The lowest BCUT2D eigenvalue weighted by Crippen LogP contribution is -2.39. The van der Waals surface area contributed by atoms with Crippen LogP contribution in [-0.2, 0) is 0 Å². The summed E-state index contributed by atoms with van der Waals surface area (Å²) < 4.78 is 2.46. The first-order chi connectivity index (χ1) is 15.4. The predicted octanol–water partition coefficient (Wildman–Crippen LogP) is 6.33. The number of benzene rings is 2. The van der Waals surface area contributed by atoms with E-state index in [1.807, 2.05) is 30.3 Å². The van der Waals surface area contributed by atoms with Gasteiger partial charge in [-0.15, -0.1) is 0 Å². The van der Waals surface area contributed by atoms with Crippen LogP contribution in [0.25, 0.3) is 0 Å². The first-order valence-electron chi connectivity index (χ1n) is 11.4. The summed E-state index contributed by atoms with van der Waals surface area (Å²) in [6.07, 6.45) is 4.96. The van der Waals surface area contributed by atoms with Gasteiger partial charge in [0, 0.05) is 50.9 Å². The summed E-state index contributed by atoms with van der Waals surface area (Å²) in [5.41, 5.74) is 1.69. The highest BCUT2D eigenvalue weighted by Gasteiger charge is 2.30. The monoisotopic (exact) mass is 491 g/mol. The van der Waals surface area contributed by atoms with Crippen LogP contribution in [-0.4, -0.2) is 55.4 Å². The number of rotatable bonds is 5. The number of piperidine rings is 2. The maximum Gasteiger partial charge on any atom is 0.254 e. The molecule has 0 N–H and O–H groups in total. The lowest BCUT2D eigenvalue weighted by atomic mass is 9.79. The molecule has 32 heavy (non-hydrogen) atoms. The molecule has 2 fully saturated rings. The van der Waals surface area contributed by atoms with Gasteiger partial charge >= 0.3 is 0 Å². The second-order valence-corrected chi connectivity index (χ2v) is 10.9. The van der Waals surface area contributed by atoms with E-state index in [0.717, 1.165) is 53.6 Å². The molecule has 2 aliphatic heterocycles.